The molecule has 0 spiro atoms. The average molecular weight is 407 g/mol. The number of fused-ring (bicyclic) bond motifs is 2. The molecule has 5 rings (SSSR count). The van der Waals surface area contributed by atoms with Crippen LogP contribution in [0, 0.1) is 23.2 Å². The van der Waals surface area contributed by atoms with Crippen LogP contribution in [0.3, 0.4) is 0 Å². The highest BCUT2D eigenvalue weighted by atomic mass is 16.6. The number of hydrogen-bond acceptors (Lipinski definition) is 3. The second-order valence-corrected chi connectivity index (χ2v) is 10.0. The van der Waals surface area contributed by atoms with Crippen LogP contribution in [0.2, 0.25) is 0 Å². The van der Waals surface area contributed by atoms with Crippen molar-refractivity contribution in [3.63, 3.8) is 0 Å². The van der Waals surface area contributed by atoms with E-state index in [2.05, 4.69) is 45.0 Å². The Labute approximate surface area is 180 Å². The van der Waals surface area contributed by atoms with Gasteiger partial charge in [-0.1, -0.05) is 81.4 Å². The van der Waals surface area contributed by atoms with Gasteiger partial charge in [-0.3, -0.25) is 4.79 Å². The molecule has 0 aliphatic heterocycles. The van der Waals surface area contributed by atoms with Crippen molar-refractivity contribution in [2.75, 3.05) is 0 Å². The summed E-state index contributed by atoms with van der Waals surface area (Å²) in [6.45, 7) is 9.27. The van der Waals surface area contributed by atoms with Crippen molar-refractivity contribution >= 4 is 5.97 Å². The molecule has 3 aliphatic carbocycles. The summed E-state index contributed by atoms with van der Waals surface area (Å²) in [4.78, 5) is 13.1. The third kappa shape index (κ3) is 3.92. The van der Waals surface area contributed by atoms with E-state index in [1.807, 2.05) is 43.3 Å². The molecule has 30 heavy (non-hydrogen) atoms. The Balaban J connectivity index is 1.48. The summed E-state index contributed by atoms with van der Waals surface area (Å²) >= 11 is 0. The topological polar surface area (TPSA) is 35.5 Å². The number of rotatable bonds is 7. The van der Waals surface area contributed by atoms with Crippen molar-refractivity contribution in [2.24, 2.45) is 23.2 Å². The summed E-state index contributed by atoms with van der Waals surface area (Å²) in [6, 6.07) is 20.4. The molecular weight excluding hydrogens is 372 g/mol. The fourth-order valence-corrected chi connectivity index (χ4v) is 5.62. The minimum absolute atomic E-state index is 0.0673. The molecule has 2 aromatic carbocycles. The Morgan fingerprint density at radius 3 is 2.17 bits per heavy atom. The van der Waals surface area contributed by atoms with Crippen LogP contribution in [0.1, 0.15) is 51.7 Å². The van der Waals surface area contributed by atoms with Crippen LogP contribution in [-0.2, 0) is 27.3 Å². The lowest BCUT2D eigenvalue weighted by molar-refractivity contribution is -0.271. The van der Waals surface area contributed by atoms with Gasteiger partial charge in [-0.05, 0) is 48.6 Å². The van der Waals surface area contributed by atoms with E-state index in [4.69, 9.17) is 9.47 Å². The van der Waals surface area contributed by atoms with E-state index in [0.29, 0.717) is 24.9 Å². The number of esters is 1. The van der Waals surface area contributed by atoms with Crippen molar-refractivity contribution in [1.29, 1.82) is 0 Å². The third-order valence-corrected chi connectivity index (χ3v) is 7.70. The first-order valence-corrected chi connectivity index (χ1v) is 11.2. The van der Waals surface area contributed by atoms with Gasteiger partial charge >= 0.3 is 5.97 Å². The van der Waals surface area contributed by atoms with E-state index in [1.54, 1.807) is 0 Å². The van der Waals surface area contributed by atoms with E-state index in [9.17, 15) is 4.79 Å². The van der Waals surface area contributed by atoms with Gasteiger partial charge in [0, 0.05) is 5.92 Å². The second-order valence-electron chi connectivity index (χ2n) is 10.0. The van der Waals surface area contributed by atoms with Crippen molar-refractivity contribution in [1.82, 2.24) is 0 Å². The molecule has 0 saturated heterocycles. The van der Waals surface area contributed by atoms with Gasteiger partial charge in [-0.15, -0.1) is 0 Å². The first-order chi connectivity index (χ1) is 14.3. The summed E-state index contributed by atoms with van der Waals surface area (Å²) in [7, 11) is 0. The maximum Gasteiger partial charge on any atom is 0.309 e. The lowest BCUT2D eigenvalue weighted by Gasteiger charge is -2.65. The largest absolute Gasteiger partial charge is 0.456 e. The molecule has 2 bridgehead atoms. The first-order valence-electron chi connectivity index (χ1n) is 11.2. The minimum Gasteiger partial charge on any atom is -0.456 e. The van der Waals surface area contributed by atoms with Crippen LogP contribution in [0.5, 0.6) is 0 Å². The van der Waals surface area contributed by atoms with E-state index >= 15 is 0 Å². The molecule has 3 saturated carbocycles. The van der Waals surface area contributed by atoms with Gasteiger partial charge in [-0.25, -0.2) is 0 Å². The zero-order chi connectivity index (χ0) is 21.4. The molecule has 0 radical (unpaired) electrons. The highest BCUT2D eigenvalue weighted by Gasteiger charge is 2.65. The Morgan fingerprint density at radius 2 is 1.57 bits per heavy atom. The highest BCUT2D eigenvalue weighted by Crippen LogP contribution is 2.64. The molecule has 5 atom stereocenters. The zero-order valence-corrected chi connectivity index (χ0v) is 18.6. The van der Waals surface area contributed by atoms with Crippen molar-refractivity contribution < 1.29 is 14.3 Å². The zero-order valence-electron chi connectivity index (χ0n) is 18.6. The van der Waals surface area contributed by atoms with Gasteiger partial charge in [0.1, 0.15) is 5.60 Å². The summed E-state index contributed by atoms with van der Waals surface area (Å²) < 4.78 is 12.7. The van der Waals surface area contributed by atoms with E-state index < -0.39 is 5.60 Å². The highest BCUT2D eigenvalue weighted by molar-refractivity contribution is 5.73. The smallest absolute Gasteiger partial charge is 0.309 e. The Kier molecular flexibility index (Phi) is 5.76. The van der Waals surface area contributed by atoms with Crippen molar-refractivity contribution in [3.8, 4) is 0 Å². The molecule has 0 aromatic heterocycles. The van der Waals surface area contributed by atoms with Crippen LogP contribution in [0.15, 0.2) is 60.7 Å². The predicted octanol–water partition coefficient (Wildman–Crippen LogP) is 5.82. The molecule has 3 heteroatoms. The molecule has 3 fully saturated rings. The van der Waals surface area contributed by atoms with Crippen molar-refractivity contribution in [3.05, 3.63) is 71.8 Å². The molecule has 2 aromatic rings. The third-order valence-electron chi connectivity index (χ3n) is 7.70. The Bertz CT molecular complexity index is 860. The van der Waals surface area contributed by atoms with E-state index in [0.717, 1.165) is 24.0 Å². The van der Waals surface area contributed by atoms with Crippen LogP contribution in [0.4, 0.5) is 0 Å². The normalized spacial score (nSPS) is 30.2. The molecule has 0 N–H and O–H groups in total. The predicted molar refractivity (Wildman–Crippen MR) is 119 cm³/mol. The monoisotopic (exact) mass is 406 g/mol. The number of hydrogen-bond donors (Lipinski definition) is 0. The maximum absolute atomic E-state index is 13.1. The lowest BCUT2D eigenvalue weighted by Crippen LogP contribution is -2.68. The quantitative estimate of drug-likeness (QED) is 0.544. The molecular formula is C27H34O3. The number of benzene rings is 2. The van der Waals surface area contributed by atoms with Gasteiger partial charge in [0.05, 0.1) is 18.6 Å². The van der Waals surface area contributed by atoms with Crippen LogP contribution < -0.4 is 0 Å². The first kappa shape index (κ1) is 21.1. The molecule has 3 aliphatic rings. The SMILES string of the molecule is C[C@@H](Cc1ccccc1)C(=O)O[C@@]1(C)[C@@H](OCc2ccccc2)C[C@H]2C[C@@H]1C2(C)C. The molecule has 3 nitrogen and oxygen atoms in total. The Morgan fingerprint density at radius 1 is 0.967 bits per heavy atom. The molecule has 0 amide bonds. The summed E-state index contributed by atoms with van der Waals surface area (Å²) in [5.74, 6) is 0.671. The van der Waals surface area contributed by atoms with Gasteiger partial charge in [0.15, 0.2) is 0 Å². The number of ether oxygens (including phenoxy) is 2. The number of carbonyl (C=O) groups is 1. The van der Waals surface area contributed by atoms with Gasteiger partial charge in [0.25, 0.3) is 0 Å². The molecule has 0 unspecified atom stereocenters. The second kappa shape index (κ2) is 8.19. The Hall–Kier alpha value is -2.13. The van der Waals surface area contributed by atoms with Crippen LogP contribution in [0.25, 0.3) is 0 Å². The summed E-state index contributed by atoms with van der Waals surface area (Å²) in [6.07, 6.45) is 2.70. The van der Waals surface area contributed by atoms with Crippen molar-refractivity contribution in [2.45, 2.75) is 65.3 Å². The fraction of sp³-hybridized carbons (Fsp3) is 0.519. The lowest BCUT2D eigenvalue weighted by atomic mass is 9.43. The summed E-state index contributed by atoms with van der Waals surface area (Å²) in [5.41, 5.74) is 1.91. The molecule has 160 valence electrons. The average Bonchev–Trinajstić information content (AvgIpc) is 2.73. The van der Waals surface area contributed by atoms with Crippen LogP contribution in [-0.4, -0.2) is 17.7 Å². The summed E-state index contributed by atoms with van der Waals surface area (Å²) in [5, 5.41) is 0. The minimum atomic E-state index is -0.588. The van der Waals surface area contributed by atoms with Gasteiger partial charge in [-0.2, -0.15) is 0 Å². The van der Waals surface area contributed by atoms with Gasteiger partial charge in [0.2, 0.25) is 0 Å². The van der Waals surface area contributed by atoms with E-state index in [1.165, 1.54) is 0 Å². The number of carbonyl (C=O) groups excluding carboxylic acids is 1. The van der Waals surface area contributed by atoms with E-state index in [-0.39, 0.29) is 23.4 Å². The maximum atomic E-state index is 13.1. The van der Waals surface area contributed by atoms with Gasteiger partial charge < -0.3 is 9.47 Å². The fourth-order valence-electron chi connectivity index (χ4n) is 5.62. The van der Waals surface area contributed by atoms with Crippen LogP contribution >= 0.6 is 0 Å². The standard InChI is InChI=1S/C27H34O3/c1-19(15-20-11-7-5-8-12-20)25(28)30-27(4)23-16-22(26(23,2)3)17-24(27)29-18-21-13-9-6-10-14-21/h5-14,19,22-24H,15-18H2,1-4H3/t19-,22+,23+,24-,27+/m0/s1. The molecule has 0 heterocycles.